The third-order valence-electron chi connectivity index (χ3n) is 6.01. The summed E-state index contributed by atoms with van der Waals surface area (Å²) in [5.41, 5.74) is 4.10. The maximum atomic E-state index is 12.9. The zero-order chi connectivity index (χ0) is 25.3. The number of hydrogen-bond donors (Lipinski definition) is 2. The topological polar surface area (TPSA) is 137 Å². The molecular formula is C25H29N9O2. The van der Waals surface area contributed by atoms with Crippen LogP contribution in [0.3, 0.4) is 0 Å². The highest BCUT2D eigenvalue weighted by atomic mass is 16.5. The summed E-state index contributed by atoms with van der Waals surface area (Å²) in [4.78, 5) is 30.9. The summed E-state index contributed by atoms with van der Waals surface area (Å²) in [6.07, 6.45) is 10.7. The van der Waals surface area contributed by atoms with Crippen LogP contribution in [0.15, 0.2) is 41.4 Å². The van der Waals surface area contributed by atoms with E-state index in [1.807, 2.05) is 40.1 Å². The summed E-state index contributed by atoms with van der Waals surface area (Å²) >= 11 is 0. The highest BCUT2D eigenvalue weighted by molar-refractivity contribution is 5.90. The lowest BCUT2D eigenvalue weighted by Crippen LogP contribution is -2.30. The van der Waals surface area contributed by atoms with Gasteiger partial charge < -0.3 is 15.2 Å². The zero-order valence-electron chi connectivity index (χ0n) is 20.8. The zero-order valence-corrected chi connectivity index (χ0v) is 20.8. The molecule has 11 nitrogen and oxygen atoms in total. The second-order valence-corrected chi connectivity index (χ2v) is 10.0. The number of nitrogens with zero attached hydrogens (tertiary/aromatic N) is 7. The van der Waals surface area contributed by atoms with E-state index >= 15 is 0 Å². The van der Waals surface area contributed by atoms with Crippen LogP contribution in [0.1, 0.15) is 73.8 Å². The molecule has 5 rings (SSSR count). The molecule has 0 spiro atoms. The summed E-state index contributed by atoms with van der Waals surface area (Å²) < 4.78 is 7.00. The van der Waals surface area contributed by atoms with Gasteiger partial charge in [-0.25, -0.2) is 9.97 Å². The minimum atomic E-state index is -0.361. The lowest BCUT2D eigenvalue weighted by molar-refractivity contribution is 0.0920. The van der Waals surface area contributed by atoms with E-state index in [2.05, 4.69) is 41.9 Å². The largest absolute Gasteiger partial charge is 0.341 e. The normalized spacial score (nSPS) is 15.7. The predicted octanol–water partition coefficient (Wildman–Crippen LogP) is 3.89. The van der Waals surface area contributed by atoms with E-state index in [1.54, 1.807) is 23.3 Å². The Morgan fingerprint density at radius 2 is 2.03 bits per heavy atom. The standard InChI is InChI=1S/C25H29N9O2/c1-25(2,3)23-32-21(33-36-23)22(35)30-19-8-6-5-7-15-11-16(12-27-20(15)19)18-9-10-26-24(31-18)29-17-13-28-34(4)14-17/h9-14,19H,5-8H2,1-4H3,(H,30,35)(H,26,29,31). The Hall–Kier alpha value is -4.15. The second-order valence-electron chi connectivity index (χ2n) is 10.0. The highest BCUT2D eigenvalue weighted by Crippen LogP contribution is 2.30. The Morgan fingerprint density at radius 1 is 1.17 bits per heavy atom. The first-order valence-electron chi connectivity index (χ1n) is 12.0. The van der Waals surface area contributed by atoms with Gasteiger partial charge in [0.2, 0.25) is 11.8 Å². The number of anilines is 2. The van der Waals surface area contributed by atoms with Crippen LogP contribution >= 0.6 is 0 Å². The molecule has 0 aromatic carbocycles. The Balaban J connectivity index is 1.36. The van der Waals surface area contributed by atoms with Crippen LogP contribution < -0.4 is 10.6 Å². The van der Waals surface area contributed by atoms with Gasteiger partial charge in [0.15, 0.2) is 0 Å². The summed E-state index contributed by atoms with van der Waals surface area (Å²) in [7, 11) is 1.85. The number of aryl methyl sites for hydroxylation is 2. The summed E-state index contributed by atoms with van der Waals surface area (Å²) in [5.74, 6) is 0.589. The van der Waals surface area contributed by atoms with Crippen LogP contribution in [0.2, 0.25) is 0 Å². The fraction of sp³-hybridized carbons (Fsp3) is 0.400. The van der Waals surface area contributed by atoms with E-state index in [9.17, 15) is 4.79 Å². The fourth-order valence-electron chi connectivity index (χ4n) is 4.15. The molecule has 0 fully saturated rings. The van der Waals surface area contributed by atoms with Gasteiger partial charge >= 0.3 is 0 Å². The Labute approximate surface area is 208 Å². The van der Waals surface area contributed by atoms with Crippen molar-refractivity contribution in [3.05, 3.63) is 59.9 Å². The van der Waals surface area contributed by atoms with E-state index < -0.39 is 0 Å². The number of hydrogen-bond acceptors (Lipinski definition) is 9. The van der Waals surface area contributed by atoms with Gasteiger partial charge in [-0.3, -0.25) is 14.5 Å². The average molecular weight is 488 g/mol. The molecule has 1 unspecified atom stereocenters. The van der Waals surface area contributed by atoms with E-state index in [-0.39, 0.29) is 23.2 Å². The van der Waals surface area contributed by atoms with Crippen molar-refractivity contribution in [2.45, 2.75) is 57.9 Å². The molecule has 1 aliphatic rings. The van der Waals surface area contributed by atoms with Crippen molar-refractivity contribution in [2.75, 3.05) is 5.32 Å². The van der Waals surface area contributed by atoms with Crippen LogP contribution in [0.5, 0.6) is 0 Å². The predicted molar refractivity (Wildman–Crippen MR) is 133 cm³/mol. The highest BCUT2D eigenvalue weighted by Gasteiger charge is 2.27. The number of amides is 1. The quantitative estimate of drug-likeness (QED) is 0.402. The van der Waals surface area contributed by atoms with Crippen molar-refractivity contribution < 1.29 is 9.32 Å². The maximum Gasteiger partial charge on any atom is 0.293 e. The van der Waals surface area contributed by atoms with Crippen molar-refractivity contribution >= 4 is 17.5 Å². The lowest BCUT2D eigenvalue weighted by Gasteiger charge is -2.18. The van der Waals surface area contributed by atoms with Crippen LogP contribution in [0, 0.1) is 0 Å². The monoisotopic (exact) mass is 487 g/mol. The third-order valence-corrected chi connectivity index (χ3v) is 6.01. The van der Waals surface area contributed by atoms with Gasteiger partial charge in [0, 0.05) is 36.6 Å². The van der Waals surface area contributed by atoms with E-state index in [4.69, 9.17) is 9.51 Å². The minimum absolute atomic E-state index is 0.0389. The van der Waals surface area contributed by atoms with Gasteiger partial charge in [0.05, 0.1) is 29.3 Å². The summed E-state index contributed by atoms with van der Waals surface area (Å²) in [6.45, 7) is 5.88. The molecule has 1 amide bonds. The van der Waals surface area contributed by atoms with Gasteiger partial charge in [0.1, 0.15) is 0 Å². The Bertz CT molecular complexity index is 1390. The number of aromatic nitrogens is 7. The van der Waals surface area contributed by atoms with Crippen LogP contribution in [-0.2, 0) is 18.9 Å². The molecule has 1 atom stereocenters. The van der Waals surface area contributed by atoms with Crippen molar-refractivity contribution in [3.63, 3.8) is 0 Å². The molecular weight excluding hydrogens is 458 g/mol. The number of carbonyl (C=O) groups excluding carboxylic acids is 1. The van der Waals surface area contributed by atoms with Gasteiger partial charge in [-0.2, -0.15) is 10.1 Å². The van der Waals surface area contributed by atoms with Crippen molar-refractivity contribution in [3.8, 4) is 11.3 Å². The number of pyridine rings is 1. The van der Waals surface area contributed by atoms with Gasteiger partial charge in [-0.1, -0.05) is 32.3 Å². The molecule has 4 aromatic heterocycles. The maximum absolute atomic E-state index is 12.9. The summed E-state index contributed by atoms with van der Waals surface area (Å²) in [5, 5.41) is 14.3. The second kappa shape index (κ2) is 9.48. The van der Waals surface area contributed by atoms with Crippen LogP contribution in [-0.4, -0.2) is 40.8 Å². The smallest absolute Gasteiger partial charge is 0.293 e. The number of nitrogens with one attached hydrogen (secondary N) is 2. The minimum Gasteiger partial charge on any atom is -0.341 e. The Kier molecular flexibility index (Phi) is 6.21. The molecule has 4 heterocycles. The molecule has 0 aliphatic heterocycles. The van der Waals surface area contributed by atoms with E-state index in [0.717, 1.165) is 53.9 Å². The third kappa shape index (κ3) is 5.09. The molecule has 0 radical (unpaired) electrons. The molecule has 11 heteroatoms. The molecule has 36 heavy (non-hydrogen) atoms. The van der Waals surface area contributed by atoms with Crippen LogP contribution in [0.4, 0.5) is 11.6 Å². The van der Waals surface area contributed by atoms with Gasteiger partial charge in [-0.15, -0.1) is 0 Å². The molecule has 0 saturated carbocycles. The van der Waals surface area contributed by atoms with Crippen molar-refractivity contribution in [2.24, 2.45) is 7.05 Å². The number of rotatable bonds is 5. The lowest BCUT2D eigenvalue weighted by atomic mass is 9.97. The summed E-state index contributed by atoms with van der Waals surface area (Å²) in [6, 6.07) is 3.74. The van der Waals surface area contributed by atoms with E-state index in [1.165, 1.54) is 0 Å². The van der Waals surface area contributed by atoms with Gasteiger partial charge in [0.25, 0.3) is 11.7 Å². The SMILES string of the molecule is Cn1cc(Nc2nccc(-c3cnc4c(c3)CCCCC4NC(=O)c3noc(C(C)(C)C)n3)n2)cn1. The first kappa shape index (κ1) is 23.6. The van der Waals surface area contributed by atoms with Crippen molar-refractivity contribution in [1.29, 1.82) is 0 Å². The average Bonchev–Trinajstić information content (AvgIpc) is 3.46. The number of fused-ring (bicyclic) bond motifs is 1. The van der Waals surface area contributed by atoms with Crippen LogP contribution in [0.25, 0.3) is 11.3 Å². The first-order chi connectivity index (χ1) is 17.3. The molecule has 0 bridgehead atoms. The molecule has 4 aromatic rings. The first-order valence-corrected chi connectivity index (χ1v) is 12.0. The fourth-order valence-corrected chi connectivity index (χ4v) is 4.15. The van der Waals surface area contributed by atoms with E-state index in [0.29, 0.717) is 11.8 Å². The molecule has 2 N–H and O–H groups in total. The molecule has 0 saturated heterocycles. The Morgan fingerprint density at radius 3 is 2.78 bits per heavy atom. The van der Waals surface area contributed by atoms with Crippen molar-refractivity contribution in [1.82, 2.24) is 40.2 Å². The van der Waals surface area contributed by atoms with Gasteiger partial charge in [-0.05, 0) is 37.0 Å². The number of carbonyl (C=O) groups is 1. The molecule has 1 aliphatic carbocycles. The molecule has 186 valence electrons.